The lowest BCUT2D eigenvalue weighted by Crippen LogP contribution is -1.82. The maximum atomic E-state index is 5.83. The normalized spacial score (nSPS) is 10.9. The largest absolute Gasteiger partial charge is 0.497 e. The Hall–Kier alpha value is -1.81. The monoisotopic (exact) mass is 317 g/mol. The lowest BCUT2D eigenvalue weighted by Gasteiger charge is -1.98. The summed E-state index contributed by atoms with van der Waals surface area (Å²) in [6, 6.07) is 11.8. The molecule has 3 nitrogen and oxygen atoms in total. The van der Waals surface area contributed by atoms with Crippen LogP contribution < -0.4 is 4.74 Å². The van der Waals surface area contributed by atoms with Crippen molar-refractivity contribution in [2.75, 3.05) is 7.11 Å². The van der Waals surface area contributed by atoms with Gasteiger partial charge in [-0.15, -0.1) is 0 Å². The molecule has 0 unspecified atom stereocenters. The van der Waals surface area contributed by atoms with Crippen molar-refractivity contribution >= 4 is 27.0 Å². The molecule has 0 saturated heterocycles. The van der Waals surface area contributed by atoms with Crippen LogP contribution in [0.3, 0.4) is 0 Å². The highest BCUT2D eigenvalue weighted by molar-refractivity contribution is 9.10. The maximum absolute atomic E-state index is 5.83. The average molecular weight is 318 g/mol. The average Bonchev–Trinajstić information content (AvgIpc) is 2.83. The molecule has 1 heterocycles. The van der Waals surface area contributed by atoms with E-state index < -0.39 is 0 Å². The van der Waals surface area contributed by atoms with Crippen molar-refractivity contribution in [3.05, 3.63) is 46.4 Å². The van der Waals surface area contributed by atoms with Crippen LogP contribution in [-0.4, -0.2) is 12.1 Å². The molecule has 0 aliphatic carbocycles. The number of methoxy groups -OCH3 is 1. The topological polar surface area (TPSA) is 35.3 Å². The Morgan fingerprint density at radius 2 is 2.05 bits per heavy atom. The van der Waals surface area contributed by atoms with E-state index in [1.807, 2.05) is 37.3 Å². The number of aryl methyl sites for hydroxylation is 1. The first-order valence-corrected chi connectivity index (χ1v) is 6.68. The van der Waals surface area contributed by atoms with Gasteiger partial charge >= 0.3 is 0 Å². The van der Waals surface area contributed by atoms with Crippen LogP contribution >= 0.6 is 15.9 Å². The van der Waals surface area contributed by atoms with Gasteiger partial charge in [-0.3, -0.25) is 0 Å². The molecule has 0 spiro atoms. The summed E-state index contributed by atoms with van der Waals surface area (Å²) < 4.78 is 11.9. The van der Waals surface area contributed by atoms with Crippen LogP contribution in [0.1, 0.15) is 5.56 Å². The number of hydrogen-bond acceptors (Lipinski definition) is 3. The number of benzene rings is 2. The molecule has 0 fully saturated rings. The van der Waals surface area contributed by atoms with Gasteiger partial charge in [0.2, 0.25) is 5.89 Å². The Bertz CT molecular complexity index is 749. The first-order chi connectivity index (χ1) is 9.17. The predicted molar refractivity (Wildman–Crippen MR) is 78.4 cm³/mol. The molecule has 0 amide bonds. The van der Waals surface area contributed by atoms with Gasteiger partial charge in [0.15, 0.2) is 5.58 Å². The lowest BCUT2D eigenvalue weighted by molar-refractivity contribution is 0.415. The van der Waals surface area contributed by atoms with Crippen molar-refractivity contribution in [2.45, 2.75) is 6.92 Å². The van der Waals surface area contributed by atoms with Gasteiger partial charge in [0.05, 0.1) is 11.6 Å². The van der Waals surface area contributed by atoms with Gasteiger partial charge in [-0.2, -0.15) is 0 Å². The summed E-state index contributed by atoms with van der Waals surface area (Å²) in [5, 5.41) is 0. The fourth-order valence-electron chi connectivity index (χ4n) is 1.99. The highest BCUT2D eigenvalue weighted by atomic mass is 79.9. The zero-order valence-corrected chi connectivity index (χ0v) is 12.2. The minimum Gasteiger partial charge on any atom is -0.497 e. The fourth-order valence-corrected chi connectivity index (χ4v) is 2.50. The summed E-state index contributed by atoms with van der Waals surface area (Å²) >= 11 is 3.48. The minimum absolute atomic E-state index is 0.618. The third-order valence-electron chi connectivity index (χ3n) is 2.92. The number of aromatic nitrogens is 1. The van der Waals surface area contributed by atoms with E-state index in [-0.39, 0.29) is 0 Å². The summed E-state index contributed by atoms with van der Waals surface area (Å²) in [7, 11) is 1.63. The summed E-state index contributed by atoms with van der Waals surface area (Å²) in [5.74, 6) is 1.37. The summed E-state index contributed by atoms with van der Waals surface area (Å²) in [5.41, 5.74) is 3.67. The van der Waals surface area contributed by atoms with Crippen molar-refractivity contribution in [3.8, 4) is 17.2 Å². The number of halogens is 1. The Kier molecular flexibility index (Phi) is 3.03. The lowest BCUT2D eigenvalue weighted by atomic mass is 10.1. The van der Waals surface area contributed by atoms with Gasteiger partial charge in [0.1, 0.15) is 11.3 Å². The zero-order chi connectivity index (χ0) is 13.4. The Balaban J connectivity index is 2.19. The van der Waals surface area contributed by atoms with Gasteiger partial charge in [0.25, 0.3) is 0 Å². The van der Waals surface area contributed by atoms with Crippen molar-refractivity contribution in [3.63, 3.8) is 0 Å². The summed E-state index contributed by atoms with van der Waals surface area (Å²) in [6.07, 6.45) is 0. The van der Waals surface area contributed by atoms with Gasteiger partial charge in [0, 0.05) is 11.6 Å². The molecule has 0 saturated carbocycles. The quantitative estimate of drug-likeness (QED) is 0.694. The molecule has 19 heavy (non-hydrogen) atoms. The maximum Gasteiger partial charge on any atom is 0.227 e. The predicted octanol–water partition coefficient (Wildman–Crippen LogP) is 4.57. The van der Waals surface area contributed by atoms with Crippen molar-refractivity contribution in [1.82, 2.24) is 4.98 Å². The molecule has 0 radical (unpaired) electrons. The van der Waals surface area contributed by atoms with E-state index in [1.54, 1.807) is 7.11 Å². The Morgan fingerprint density at radius 1 is 1.21 bits per heavy atom. The molecule has 0 N–H and O–H groups in total. The van der Waals surface area contributed by atoms with Crippen LogP contribution in [0.4, 0.5) is 0 Å². The van der Waals surface area contributed by atoms with Gasteiger partial charge < -0.3 is 9.15 Å². The van der Waals surface area contributed by atoms with Gasteiger partial charge in [-0.1, -0.05) is 17.7 Å². The molecule has 4 heteroatoms. The van der Waals surface area contributed by atoms with E-state index in [0.29, 0.717) is 5.89 Å². The molecule has 0 atom stereocenters. The van der Waals surface area contributed by atoms with E-state index in [4.69, 9.17) is 9.15 Å². The van der Waals surface area contributed by atoms with E-state index >= 15 is 0 Å². The van der Waals surface area contributed by atoms with Crippen LogP contribution in [0.15, 0.2) is 45.3 Å². The molecule has 0 bridgehead atoms. The number of hydrogen-bond donors (Lipinski definition) is 0. The summed E-state index contributed by atoms with van der Waals surface area (Å²) in [4.78, 5) is 4.52. The fraction of sp³-hybridized carbons (Fsp3) is 0.133. The first kappa shape index (κ1) is 12.2. The second kappa shape index (κ2) is 4.70. The van der Waals surface area contributed by atoms with Crippen molar-refractivity contribution < 1.29 is 9.15 Å². The second-order valence-corrected chi connectivity index (χ2v) is 5.20. The van der Waals surface area contributed by atoms with Crippen LogP contribution in [0.25, 0.3) is 22.6 Å². The van der Waals surface area contributed by atoms with Crippen LogP contribution in [0, 0.1) is 6.92 Å². The van der Waals surface area contributed by atoms with Crippen LogP contribution in [0.2, 0.25) is 0 Å². The Morgan fingerprint density at radius 3 is 2.79 bits per heavy atom. The number of rotatable bonds is 2. The number of ether oxygens (including phenoxy) is 1. The second-order valence-electron chi connectivity index (χ2n) is 4.35. The van der Waals surface area contributed by atoms with Gasteiger partial charge in [-0.25, -0.2) is 4.98 Å². The molecule has 3 aromatic rings. The first-order valence-electron chi connectivity index (χ1n) is 5.88. The highest BCUT2D eigenvalue weighted by Gasteiger charge is 2.12. The van der Waals surface area contributed by atoms with Crippen molar-refractivity contribution in [1.29, 1.82) is 0 Å². The third-order valence-corrected chi connectivity index (χ3v) is 3.51. The molecule has 96 valence electrons. The van der Waals surface area contributed by atoms with Gasteiger partial charge in [-0.05, 0) is 41.1 Å². The minimum atomic E-state index is 0.618. The van der Waals surface area contributed by atoms with E-state index in [0.717, 1.165) is 26.9 Å². The summed E-state index contributed by atoms with van der Waals surface area (Å²) in [6.45, 7) is 2.05. The third kappa shape index (κ3) is 2.24. The standard InChI is InChI=1S/C15H12BrNO2/c1-9-4-3-5-10(6-9)15-17-13-8-11(18-2)7-12(16)14(13)19-15/h3-8H,1-2H3. The number of fused-ring (bicyclic) bond motifs is 1. The highest BCUT2D eigenvalue weighted by Crippen LogP contribution is 2.33. The molecular weight excluding hydrogens is 306 g/mol. The van der Waals surface area contributed by atoms with Crippen LogP contribution in [-0.2, 0) is 0 Å². The van der Waals surface area contributed by atoms with Crippen LogP contribution in [0.5, 0.6) is 5.75 Å². The Labute approximate surface area is 119 Å². The molecule has 3 rings (SSSR count). The number of oxazole rings is 1. The molecule has 0 aliphatic rings. The van der Waals surface area contributed by atoms with E-state index in [9.17, 15) is 0 Å². The van der Waals surface area contributed by atoms with Crippen molar-refractivity contribution in [2.24, 2.45) is 0 Å². The van der Waals surface area contributed by atoms with E-state index in [2.05, 4.69) is 27.0 Å². The molecular formula is C15H12BrNO2. The zero-order valence-electron chi connectivity index (χ0n) is 10.6. The SMILES string of the molecule is COc1cc(Br)c2oc(-c3cccc(C)c3)nc2c1. The number of nitrogens with zero attached hydrogens (tertiary/aromatic N) is 1. The smallest absolute Gasteiger partial charge is 0.227 e. The molecule has 1 aromatic heterocycles. The van der Waals surface area contributed by atoms with E-state index in [1.165, 1.54) is 5.56 Å². The molecule has 2 aromatic carbocycles. The molecule has 0 aliphatic heterocycles.